The average molecular weight is 331 g/mol. The first-order valence-corrected chi connectivity index (χ1v) is 7.90. The number of carbonyl (C=O) groups is 2. The summed E-state index contributed by atoms with van der Waals surface area (Å²) in [5.41, 5.74) is 1.51. The van der Waals surface area contributed by atoms with Gasteiger partial charge in [-0.2, -0.15) is 0 Å². The van der Waals surface area contributed by atoms with Crippen molar-refractivity contribution in [2.24, 2.45) is 0 Å². The van der Waals surface area contributed by atoms with Crippen LogP contribution in [-0.4, -0.2) is 22.4 Å². The first kappa shape index (κ1) is 16.9. The van der Waals surface area contributed by atoms with Gasteiger partial charge in [-0.05, 0) is 36.8 Å². The summed E-state index contributed by atoms with van der Waals surface area (Å²) in [7, 11) is 0. The Kier molecular flexibility index (Phi) is 6.05. The molecule has 2 aromatic rings. The van der Waals surface area contributed by atoms with E-state index >= 15 is 0 Å². The van der Waals surface area contributed by atoms with Crippen LogP contribution >= 0.6 is 11.8 Å². The summed E-state index contributed by atoms with van der Waals surface area (Å²) < 4.78 is 5.13. The number of carbonyl (C=O) groups excluding carboxylic acids is 1. The van der Waals surface area contributed by atoms with Gasteiger partial charge < -0.3 is 9.84 Å². The lowest BCUT2D eigenvalue weighted by molar-refractivity contribution is -0.136. The highest BCUT2D eigenvalue weighted by molar-refractivity contribution is 8.00. The summed E-state index contributed by atoms with van der Waals surface area (Å²) in [6, 6.07) is 16.4. The van der Waals surface area contributed by atoms with Crippen molar-refractivity contribution in [1.29, 1.82) is 0 Å². The van der Waals surface area contributed by atoms with E-state index in [9.17, 15) is 9.59 Å². The molecule has 0 heterocycles. The van der Waals surface area contributed by atoms with Crippen molar-refractivity contribution < 1.29 is 19.4 Å². The Morgan fingerprint density at radius 2 is 1.78 bits per heavy atom. The summed E-state index contributed by atoms with van der Waals surface area (Å²) >= 11 is 1.24. The lowest BCUT2D eigenvalue weighted by atomic mass is 10.2. The number of amides is 1. The number of carboxylic acids is 1. The highest BCUT2D eigenvalue weighted by Crippen LogP contribution is 2.24. The fourth-order valence-corrected chi connectivity index (χ4v) is 2.55. The van der Waals surface area contributed by atoms with Crippen LogP contribution < -0.4 is 5.32 Å². The van der Waals surface area contributed by atoms with Crippen molar-refractivity contribution in [3.63, 3.8) is 0 Å². The van der Waals surface area contributed by atoms with E-state index in [0.29, 0.717) is 5.69 Å². The number of carboxylic acid groups (broad SMARTS) is 1. The molecule has 0 aromatic heterocycles. The predicted molar refractivity (Wildman–Crippen MR) is 89.6 cm³/mol. The molecule has 5 nitrogen and oxygen atoms in total. The maximum atomic E-state index is 11.7. The first-order valence-electron chi connectivity index (χ1n) is 7.02. The molecule has 0 bridgehead atoms. The predicted octanol–water partition coefficient (Wildman–Crippen LogP) is 4.00. The monoisotopic (exact) mass is 331 g/mol. The van der Waals surface area contributed by atoms with E-state index in [2.05, 4.69) is 5.32 Å². The van der Waals surface area contributed by atoms with Crippen molar-refractivity contribution in [2.45, 2.75) is 23.7 Å². The molecule has 0 aliphatic rings. The molecular formula is C17H17NO4S. The Morgan fingerprint density at radius 1 is 1.13 bits per heavy atom. The van der Waals surface area contributed by atoms with E-state index in [1.807, 2.05) is 30.3 Å². The largest absolute Gasteiger partial charge is 0.480 e. The Bertz CT molecular complexity index is 658. The van der Waals surface area contributed by atoms with E-state index < -0.39 is 17.3 Å². The summed E-state index contributed by atoms with van der Waals surface area (Å²) in [6.07, 6.45) is -0.534. The maximum Gasteiger partial charge on any atom is 0.411 e. The normalized spacial score (nSPS) is 11.5. The number of hydrogen-bond acceptors (Lipinski definition) is 4. The van der Waals surface area contributed by atoms with E-state index in [-0.39, 0.29) is 6.61 Å². The molecule has 0 saturated carbocycles. The standard InChI is InChI=1S/C17H17NO4S/c1-12(16(19)20)23-15-9-7-14(8-10-15)18-17(21)22-11-13-5-3-2-4-6-13/h2-10,12H,11H2,1H3,(H,18,21)(H,19,20). The quantitative estimate of drug-likeness (QED) is 0.783. The second kappa shape index (κ2) is 8.24. The molecule has 1 amide bonds. The lowest BCUT2D eigenvalue weighted by Crippen LogP contribution is -2.13. The highest BCUT2D eigenvalue weighted by atomic mass is 32.2. The summed E-state index contributed by atoms with van der Waals surface area (Å²) in [6.45, 7) is 1.83. The number of thioether (sulfide) groups is 1. The minimum atomic E-state index is -0.860. The second-order valence-electron chi connectivity index (χ2n) is 4.81. The van der Waals surface area contributed by atoms with Crippen molar-refractivity contribution in [3.05, 3.63) is 60.2 Å². The number of anilines is 1. The van der Waals surface area contributed by atoms with Crippen LogP contribution in [0.4, 0.5) is 10.5 Å². The topological polar surface area (TPSA) is 75.6 Å². The van der Waals surface area contributed by atoms with Gasteiger partial charge in [-0.3, -0.25) is 10.1 Å². The van der Waals surface area contributed by atoms with Crippen LogP contribution in [0.2, 0.25) is 0 Å². The van der Waals surface area contributed by atoms with Gasteiger partial charge in [-0.25, -0.2) is 4.79 Å². The van der Waals surface area contributed by atoms with Gasteiger partial charge in [0.05, 0.1) is 0 Å². The molecule has 2 aromatic carbocycles. The lowest BCUT2D eigenvalue weighted by Gasteiger charge is -2.09. The molecule has 0 aliphatic carbocycles. The molecule has 0 spiro atoms. The molecule has 23 heavy (non-hydrogen) atoms. The van der Waals surface area contributed by atoms with Crippen LogP contribution in [0.3, 0.4) is 0 Å². The third-order valence-corrected chi connectivity index (χ3v) is 4.07. The smallest absolute Gasteiger partial charge is 0.411 e. The van der Waals surface area contributed by atoms with Crippen LogP contribution in [0.5, 0.6) is 0 Å². The molecule has 1 unspecified atom stereocenters. The van der Waals surface area contributed by atoms with Crippen LogP contribution in [0.25, 0.3) is 0 Å². The molecule has 0 saturated heterocycles. The number of ether oxygens (including phenoxy) is 1. The molecule has 0 fully saturated rings. The molecule has 6 heteroatoms. The zero-order valence-corrected chi connectivity index (χ0v) is 13.4. The van der Waals surface area contributed by atoms with Gasteiger partial charge in [0.2, 0.25) is 0 Å². The van der Waals surface area contributed by atoms with E-state index in [1.165, 1.54) is 11.8 Å². The number of nitrogens with one attached hydrogen (secondary N) is 1. The Hall–Kier alpha value is -2.47. The molecule has 0 aliphatic heterocycles. The maximum absolute atomic E-state index is 11.7. The van der Waals surface area contributed by atoms with Gasteiger partial charge in [-0.15, -0.1) is 11.8 Å². The average Bonchev–Trinajstić information content (AvgIpc) is 2.55. The van der Waals surface area contributed by atoms with Gasteiger partial charge in [0.25, 0.3) is 0 Å². The van der Waals surface area contributed by atoms with Gasteiger partial charge in [0.15, 0.2) is 0 Å². The number of hydrogen-bond donors (Lipinski definition) is 2. The Morgan fingerprint density at radius 3 is 2.39 bits per heavy atom. The fraction of sp³-hybridized carbons (Fsp3) is 0.176. The van der Waals surface area contributed by atoms with Gasteiger partial charge in [-0.1, -0.05) is 30.3 Å². The van der Waals surface area contributed by atoms with Crippen molar-refractivity contribution in [2.75, 3.05) is 5.32 Å². The van der Waals surface area contributed by atoms with Gasteiger partial charge in [0, 0.05) is 10.6 Å². The first-order chi connectivity index (χ1) is 11.0. The van der Waals surface area contributed by atoms with E-state index in [4.69, 9.17) is 9.84 Å². The molecule has 1 atom stereocenters. The van der Waals surface area contributed by atoms with E-state index in [0.717, 1.165) is 10.5 Å². The third-order valence-electron chi connectivity index (χ3n) is 2.97. The van der Waals surface area contributed by atoms with E-state index in [1.54, 1.807) is 31.2 Å². The SMILES string of the molecule is CC(Sc1ccc(NC(=O)OCc2ccccc2)cc1)C(=O)O. The molecule has 2 rings (SSSR count). The van der Waals surface area contributed by atoms with Crippen molar-refractivity contribution in [3.8, 4) is 0 Å². The number of aliphatic carboxylic acids is 1. The zero-order chi connectivity index (χ0) is 16.7. The van der Waals surface area contributed by atoms with Gasteiger partial charge in [0.1, 0.15) is 11.9 Å². The van der Waals surface area contributed by atoms with Crippen LogP contribution in [-0.2, 0) is 16.1 Å². The minimum Gasteiger partial charge on any atom is -0.480 e. The summed E-state index contributed by atoms with van der Waals surface area (Å²) in [4.78, 5) is 23.4. The van der Waals surface area contributed by atoms with Crippen LogP contribution in [0, 0.1) is 0 Å². The molecule has 0 radical (unpaired) electrons. The summed E-state index contributed by atoms with van der Waals surface area (Å²) in [5.74, 6) is -0.860. The number of rotatable bonds is 6. The highest BCUT2D eigenvalue weighted by Gasteiger charge is 2.12. The molecule has 2 N–H and O–H groups in total. The van der Waals surface area contributed by atoms with Crippen LogP contribution in [0.15, 0.2) is 59.5 Å². The minimum absolute atomic E-state index is 0.205. The van der Waals surface area contributed by atoms with Gasteiger partial charge >= 0.3 is 12.1 Å². The third kappa shape index (κ3) is 5.67. The van der Waals surface area contributed by atoms with Crippen molar-refractivity contribution >= 4 is 29.5 Å². The van der Waals surface area contributed by atoms with Crippen LogP contribution in [0.1, 0.15) is 12.5 Å². The summed E-state index contributed by atoms with van der Waals surface area (Å²) in [5, 5.41) is 11.0. The molecular weight excluding hydrogens is 314 g/mol. The Balaban J connectivity index is 1.83. The molecule has 120 valence electrons. The Labute approximate surface area is 138 Å². The number of benzene rings is 2. The zero-order valence-electron chi connectivity index (χ0n) is 12.6. The second-order valence-corrected chi connectivity index (χ2v) is 6.22. The fourth-order valence-electron chi connectivity index (χ4n) is 1.75. The van der Waals surface area contributed by atoms with Crippen molar-refractivity contribution in [1.82, 2.24) is 0 Å².